The second kappa shape index (κ2) is 7.06. The summed E-state index contributed by atoms with van der Waals surface area (Å²) in [6.07, 6.45) is 4.11. The fraction of sp³-hybridized carbons (Fsp3) is 0.167. The third kappa shape index (κ3) is 3.49. The van der Waals surface area contributed by atoms with Gasteiger partial charge in [0.15, 0.2) is 0 Å². The van der Waals surface area contributed by atoms with Crippen LogP contribution in [0.4, 0.5) is 5.95 Å². The molecule has 24 heavy (non-hydrogen) atoms. The summed E-state index contributed by atoms with van der Waals surface area (Å²) >= 11 is 0. The Morgan fingerprint density at radius 1 is 1.12 bits per heavy atom. The zero-order valence-corrected chi connectivity index (χ0v) is 13.5. The SMILES string of the molecule is Cn1c(N(N)CCc2ccccc2)nc(-c2ccncc2)cc1=O. The molecule has 6 heteroatoms. The van der Waals surface area contributed by atoms with Crippen LogP contribution in [0.15, 0.2) is 65.7 Å². The molecule has 0 atom stereocenters. The van der Waals surface area contributed by atoms with E-state index >= 15 is 0 Å². The first kappa shape index (κ1) is 15.9. The van der Waals surface area contributed by atoms with Gasteiger partial charge in [0.1, 0.15) is 0 Å². The second-order valence-electron chi connectivity index (χ2n) is 5.50. The van der Waals surface area contributed by atoms with Crippen LogP contribution in [0.2, 0.25) is 0 Å². The number of hydrazine groups is 1. The summed E-state index contributed by atoms with van der Waals surface area (Å²) in [5, 5.41) is 1.51. The number of anilines is 1. The molecule has 1 aromatic carbocycles. The molecular weight excluding hydrogens is 302 g/mol. The molecule has 0 aliphatic heterocycles. The first-order chi connectivity index (χ1) is 11.6. The van der Waals surface area contributed by atoms with E-state index in [1.165, 1.54) is 21.2 Å². The Morgan fingerprint density at radius 3 is 2.54 bits per heavy atom. The Kier molecular flexibility index (Phi) is 4.67. The van der Waals surface area contributed by atoms with E-state index < -0.39 is 0 Å². The third-order valence-corrected chi connectivity index (χ3v) is 3.83. The second-order valence-corrected chi connectivity index (χ2v) is 5.50. The quantitative estimate of drug-likeness (QED) is 0.572. The highest BCUT2D eigenvalue weighted by Gasteiger charge is 2.12. The van der Waals surface area contributed by atoms with Crippen LogP contribution in [0, 0.1) is 0 Å². The van der Waals surface area contributed by atoms with Crippen molar-refractivity contribution in [1.29, 1.82) is 0 Å². The number of hydrogen-bond acceptors (Lipinski definition) is 5. The Hall–Kier alpha value is -2.99. The van der Waals surface area contributed by atoms with Gasteiger partial charge in [-0.2, -0.15) is 0 Å². The summed E-state index contributed by atoms with van der Waals surface area (Å²) in [4.78, 5) is 20.8. The van der Waals surface area contributed by atoms with E-state index in [4.69, 9.17) is 5.84 Å². The average molecular weight is 321 g/mol. The van der Waals surface area contributed by atoms with Crippen molar-refractivity contribution in [2.24, 2.45) is 12.9 Å². The minimum absolute atomic E-state index is 0.151. The van der Waals surface area contributed by atoms with Crippen molar-refractivity contribution in [3.05, 3.63) is 76.8 Å². The Morgan fingerprint density at radius 2 is 1.83 bits per heavy atom. The Labute approximate surface area is 140 Å². The van der Waals surface area contributed by atoms with Gasteiger partial charge in [0.25, 0.3) is 5.56 Å². The molecule has 0 saturated carbocycles. The first-order valence-electron chi connectivity index (χ1n) is 7.70. The molecule has 3 rings (SSSR count). The van der Waals surface area contributed by atoms with Crippen molar-refractivity contribution in [2.45, 2.75) is 6.42 Å². The summed E-state index contributed by atoms with van der Waals surface area (Å²) in [5.41, 5.74) is 2.45. The summed E-state index contributed by atoms with van der Waals surface area (Å²) in [5.74, 6) is 6.59. The van der Waals surface area contributed by atoms with Crippen molar-refractivity contribution < 1.29 is 0 Å². The zero-order valence-electron chi connectivity index (χ0n) is 13.5. The molecule has 0 radical (unpaired) electrons. The van der Waals surface area contributed by atoms with Crippen LogP contribution in [0.3, 0.4) is 0 Å². The topological polar surface area (TPSA) is 77.0 Å². The van der Waals surface area contributed by atoms with E-state index in [0.29, 0.717) is 18.2 Å². The number of rotatable bonds is 5. The lowest BCUT2D eigenvalue weighted by atomic mass is 10.1. The van der Waals surface area contributed by atoms with Gasteiger partial charge in [-0.15, -0.1) is 0 Å². The largest absolute Gasteiger partial charge is 0.281 e. The van der Waals surface area contributed by atoms with Crippen molar-refractivity contribution in [2.75, 3.05) is 11.6 Å². The van der Waals surface area contributed by atoms with Crippen molar-refractivity contribution >= 4 is 5.95 Å². The van der Waals surface area contributed by atoms with Crippen LogP contribution in [0.1, 0.15) is 5.56 Å². The monoisotopic (exact) mass is 321 g/mol. The number of nitrogens with zero attached hydrogens (tertiary/aromatic N) is 4. The summed E-state index contributed by atoms with van der Waals surface area (Å²) < 4.78 is 1.45. The molecule has 0 saturated heterocycles. The highest BCUT2D eigenvalue weighted by molar-refractivity contribution is 5.59. The van der Waals surface area contributed by atoms with Crippen LogP contribution >= 0.6 is 0 Å². The molecule has 0 fully saturated rings. The van der Waals surface area contributed by atoms with E-state index in [0.717, 1.165) is 12.0 Å². The number of aromatic nitrogens is 3. The molecule has 2 N–H and O–H groups in total. The highest BCUT2D eigenvalue weighted by Crippen LogP contribution is 2.16. The predicted molar refractivity (Wildman–Crippen MR) is 94.4 cm³/mol. The molecule has 6 nitrogen and oxygen atoms in total. The van der Waals surface area contributed by atoms with E-state index in [9.17, 15) is 4.79 Å². The maximum atomic E-state index is 12.2. The molecule has 0 unspecified atom stereocenters. The van der Waals surface area contributed by atoms with Gasteiger partial charge in [0.2, 0.25) is 5.95 Å². The molecule has 0 aliphatic rings. The number of benzene rings is 1. The number of hydrogen-bond donors (Lipinski definition) is 1. The van der Waals surface area contributed by atoms with Gasteiger partial charge in [-0.3, -0.25) is 19.4 Å². The van der Waals surface area contributed by atoms with E-state index in [2.05, 4.69) is 9.97 Å². The lowest BCUT2D eigenvalue weighted by Gasteiger charge is -2.20. The minimum atomic E-state index is -0.151. The molecule has 0 bridgehead atoms. The molecule has 0 aliphatic carbocycles. The van der Waals surface area contributed by atoms with E-state index in [-0.39, 0.29) is 5.56 Å². The zero-order chi connectivity index (χ0) is 16.9. The van der Waals surface area contributed by atoms with Gasteiger partial charge in [-0.1, -0.05) is 30.3 Å². The molecule has 3 aromatic rings. The van der Waals surface area contributed by atoms with Gasteiger partial charge in [-0.05, 0) is 24.1 Å². The minimum Gasteiger partial charge on any atom is -0.281 e. The van der Waals surface area contributed by atoms with Crippen LogP contribution in [-0.4, -0.2) is 21.1 Å². The van der Waals surface area contributed by atoms with Crippen molar-refractivity contribution in [3.8, 4) is 11.3 Å². The Bertz CT molecular complexity index is 862. The van der Waals surface area contributed by atoms with Crippen LogP contribution < -0.4 is 16.4 Å². The van der Waals surface area contributed by atoms with Gasteiger partial charge < -0.3 is 0 Å². The van der Waals surface area contributed by atoms with E-state index in [1.54, 1.807) is 19.4 Å². The average Bonchev–Trinajstić information content (AvgIpc) is 2.63. The summed E-state index contributed by atoms with van der Waals surface area (Å²) in [6, 6.07) is 15.2. The van der Waals surface area contributed by atoms with Crippen LogP contribution in [0.25, 0.3) is 11.3 Å². The standard InChI is InChI=1S/C18H19N5O/c1-22-17(24)13-16(15-7-10-20-11-8-15)21-18(22)23(19)12-9-14-5-3-2-4-6-14/h2-8,10-11,13H,9,12,19H2,1H3. The Balaban J connectivity index is 1.86. The molecule has 122 valence electrons. The molecule has 2 heterocycles. The fourth-order valence-corrected chi connectivity index (χ4v) is 2.45. The smallest absolute Gasteiger partial charge is 0.255 e. The maximum absolute atomic E-state index is 12.2. The molecular formula is C18H19N5O. The molecule has 0 spiro atoms. The summed E-state index contributed by atoms with van der Waals surface area (Å²) in [6.45, 7) is 0.560. The molecule has 0 amide bonds. The fourth-order valence-electron chi connectivity index (χ4n) is 2.45. The third-order valence-electron chi connectivity index (χ3n) is 3.83. The van der Waals surface area contributed by atoms with Crippen LogP contribution in [-0.2, 0) is 13.5 Å². The van der Waals surface area contributed by atoms with Gasteiger partial charge in [0, 0.05) is 37.6 Å². The summed E-state index contributed by atoms with van der Waals surface area (Å²) in [7, 11) is 1.67. The van der Waals surface area contributed by atoms with E-state index in [1.807, 2.05) is 42.5 Å². The number of nitrogens with two attached hydrogens (primary N) is 1. The normalized spacial score (nSPS) is 10.6. The highest BCUT2D eigenvalue weighted by atomic mass is 16.1. The van der Waals surface area contributed by atoms with Crippen LogP contribution in [0.5, 0.6) is 0 Å². The number of pyridine rings is 1. The van der Waals surface area contributed by atoms with Gasteiger partial charge >= 0.3 is 0 Å². The maximum Gasteiger partial charge on any atom is 0.255 e. The predicted octanol–water partition coefficient (Wildman–Crippen LogP) is 1.77. The van der Waals surface area contributed by atoms with Crippen molar-refractivity contribution in [1.82, 2.24) is 14.5 Å². The van der Waals surface area contributed by atoms with Crippen molar-refractivity contribution in [3.63, 3.8) is 0 Å². The van der Waals surface area contributed by atoms with Gasteiger partial charge in [0.05, 0.1) is 5.69 Å². The molecule has 2 aromatic heterocycles. The first-order valence-corrected chi connectivity index (χ1v) is 7.70. The van der Waals surface area contributed by atoms with Gasteiger partial charge in [-0.25, -0.2) is 10.8 Å². The lowest BCUT2D eigenvalue weighted by molar-refractivity contribution is 0.721. The lowest BCUT2D eigenvalue weighted by Crippen LogP contribution is -2.38.